The lowest BCUT2D eigenvalue weighted by Gasteiger charge is -2.38. The van der Waals surface area contributed by atoms with Gasteiger partial charge in [0.25, 0.3) is 0 Å². The molecule has 1 aliphatic rings. The van der Waals surface area contributed by atoms with Crippen molar-refractivity contribution >= 4 is 10.0 Å². The first-order valence-corrected chi connectivity index (χ1v) is 10.9. The van der Waals surface area contributed by atoms with Crippen LogP contribution in [0.5, 0.6) is 11.5 Å². The van der Waals surface area contributed by atoms with Crippen molar-refractivity contribution in [2.75, 3.05) is 26.9 Å². The fraction of sp³-hybridized carbons (Fsp3) is 0.500. The van der Waals surface area contributed by atoms with Gasteiger partial charge in [-0.15, -0.1) is 0 Å². The second-order valence-electron chi connectivity index (χ2n) is 6.70. The van der Waals surface area contributed by atoms with E-state index in [1.165, 1.54) is 7.11 Å². The highest BCUT2D eigenvalue weighted by molar-refractivity contribution is 7.90. The van der Waals surface area contributed by atoms with E-state index in [1.807, 2.05) is 38.1 Å². The smallest absolute Gasteiger partial charge is 0.218 e. The molecule has 0 saturated carbocycles. The largest absolute Gasteiger partial charge is 0.490 e. The van der Waals surface area contributed by atoms with E-state index >= 15 is 0 Å². The van der Waals surface area contributed by atoms with Gasteiger partial charge in [-0.25, -0.2) is 13.6 Å². The van der Waals surface area contributed by atoms with Gasteiger partial charge in [-0.2, -0.15) is 0 Å². The molecular formula is C20H30N2O5S. The first-order chi connectivity index (χ1) is 13.3. The Morgan fingerprint density at radius 3 is 2.50 bits per heavy atom. The van der Waals surface area contributed by atoms with Gasteiger partial charge in [0.15, 0.2) is 11.5 Å². The van der Waals surface area contributed by atoms with Crippen LogP contribution in [-0.2, 0) is 14.8 Å². The van der Waals surface area contributed by atoms with E-state index in [-0.39, 0.29) is 6.04 Å². The molecule has 1 aromatic carbocycles. The van der Waals surface area contributed by atoms with Crippen LogP contribution in [0.25, 0.3) is 0 Å². The molecule has 1 aliphatic carbocycles. The second-order valence-corrected chi connectivity index (χ2v) is 8.39. The summed E-state index contributed by atoms with van der Waals surface area (Å²) in [4.78, 5) is 0. The minimum absolute atomic E-state index is 0.0221. The lowest BCUT2D eigenvalue weighted by atomic mass is 9.88. The molecule has 0 aromatic heterocycles. The number of methoxy groups -OCH3 is 1. The van der Waals surface area contributed by atoms with Crippen molar-refractivity contribution in [3.63, 3.8) is 0 Å². The summed E-state index contributed by atoms with van der Waals surface area (Å²) in [6.07, 6.45) is 7.23. The molecule has 3 unspecified atom stereocenters. The van der Waals surface area contributed by atoms with Crippen molar-refractivity contribution < 1.29 is 22.6 Å². The topological polar surface area (TPSA) is 99.9 Å². The molecule has 28 heavy (non-hydrogen) atoms. The predicted octanol–water partition coefficient (Wildman–Crippen LogP) is 2.00. The van der Waals surface area contributed by atoms with Crippen LogP contribution in [0, 0.1) is 0 Å². The van der Waals surface area contributed by atoms with Gasteiger partial charge in [-0.3, -0.25) is 0 Å². The first kappa shape index (κ1) is 22.4. The van der Waals surface area contributed by atoms with Crippen molar-refractivity contribution in [1.29, 1.82) is 0 Å². The molecule has 1 aromatic rings. The van der Waals surface area contributed by atoms with Gasteiger partial charge in [0, 0.05) is 19.7 Å². The molecule has 0 fully saturated rings. The van der Waals surface area contributed by atoms with Gasteiger partial charge >= 0.3 is 0 Å². The predicted molar refractivity (Wildman–Crippen MR) is 110 cm³/mol. The summed E-state index contributed by atoms with van der Waals surface area (Å²) < 4.78 is 41.0. The zero-order valence-corrected chi connectivity index (χ0v) is 17.4. The maximum atomic E-state index is 12.0. The number of ether oxygens (including phenoxy) is 3. The van der Waals surface area contributed by atoms with Crippen molar-refractivity contribution in [2.45, 2.75) is 37.2 Å². The van der Waals surface area contributed by atoms with Gasteiger partial charge in [-0.05, 0) is 32.4 Å². The van der Waals surface area contributed by atoms with Crippen molar-refractivity contribution in [3.05, 3.63) is 48.6 Å². The Hall–Kier alpha value is -1.87. The molecule has 0 heterocycles. The van der Waals surface area contributed by atoms with Gasteiger partial charge < -0.3 is 19.5 Å². The van der Waals surface area contributed by atoms with E-state index in [4.69, 9.17) is 19.3 Å². The average Bonchev–Trinajstić information content (AvgIpc) is 2.66. The highest BCUT2D eigenvalue weighted by Gasteiger charge is 2.44. The molecule has 0 aliphatic heterocycles. The molecule has 156 valence electrons. The number of nitrogens with one attached hydrogen (secondary N) is 1. The molecular weight excluding hydrogens is 380 g/mol. The summed E-state index contributed by atoms with van der Waals surface area (Å²) in [5.41, 5.74) is -1.00. The zero-order valence-electron chi connectivity index (χ0n) is 16.6. The number of benzene rings is 1. The van der Waals surface area contributed by atoms with Crippen LogP contribution in [0.4, 0.5) is 0 Å². The molecule has 3 N–H and O–H groups in total. The van der Waals surface area contributed by atoms with Crippen molar-refractivity contribution in [2.24, 2.45) is 5.14 Å². The Labute approximate surface area is 167 Å². The molecule has 0 radical (unpaired) electrons. The lowest BCUT2D eigenvalue weighted by Crippen LogP contribution is -2.52. The number of nitrogens with two attached hydrogens (primary N) is 1. The Bertz CT molecular complexity index is 794. The molecule has 7 nitrogen and oxygen atoms in total. The van der Waals surface area contributed by atoms with E-state index in [1.54, 1.807) is 24.3 Å². The number of allylic oxidation sites excluding steroid dienone is 2. The quantitative estimate of drug-likeness (QED) is 0.541. The minimum atomic E-state index is -3.79. The highest BCUT2D eigenvalue weighted by Crippen LogP contribution is 2.31. The Morgan fingerprint density at radius 1 is 1.21 bits per heavy atom. The molecule has 3 atom stereocenters. The molecule has 0 amide bonds. The minimum Gasteiger partial charge on any atom is -0.490 e. The summed E-state index contributed by atoms with van der Waals surface area (Å²) in [7, 11) is -2.29. The highest BCUT2D eigenvalue weighted by atomic mass is 32.2. The normalized spacial score (nSPS) is 22.8. The lowest BCUT2D eigenvalue weighted by molar-refractivity contribution is 0.0218. The first-order valence-electron chi connectivity index (χ1n) is 9.33. The number of rotatable bonds is 11. The summed E-state index contributed by atoms with van der Waals surface area (Å²) in [5, 5.41) is 7.84. The van der Waals surface area contributed by atoms with Gasteiger partial charge in [0.2, 0.25) is 10.0 Å². The van der Waals surface area contributed by atoms with Crippen LogP contribution < -0.4 is 19.9 Å². The van der Waals surface area contributed by atoms with E-state index in [9.17, 15) is 8.42 Å². The SMILES string of the molecule is CCOc1ccccc1OCCNC(C)CC1(OC)C=CC=CC1S(N)(=O)=O. The van der Waals surface area contributed by atoms with E-state index in [0.29, 0.717) is 37.7 Å². The Kier molecular flexibility index (Phi) is 8.06. The van der Waals surface area contributed by atoms with Crippen LogP contribution in [0.2, 0.25) is 0 Å². The Balaban J connectivity index is 1.90. The summed E-state index contributed by atoms with van der Waals surface area (Å²) in [6, 6.07) is 7.51. The number of para-hydroxylation sites is 2. The van der Waals surface area contributed by atoms with Crippen LogP contribution in [0.15, 0.2) is 48.6 Å². The summed E-state index contributed by atoms with van der Waals surface area (Å²) in [6.45, 7) is 5.50. The number of primary sulfonamides is 1. The van der Waals surface area contributed by atoms with Gasteiger partial charge in [0.1, 0.15) is 17.5 Å². The van der Waals surface area contributed by atoms with E-state index < -0.39 is 20.9 Å². The van der Waals surface area contributed by atoms with E-state index in [2.05, 4.69) is 5.32 Å². The fourth-order valence-corrected chi connectivity index (χ4v) is 4.48. The summed E-state index contributed by atoms with van der Waals surface area (Å²) >= 11 is 0. The number of sulfonamides is 1. The Morgan fingerprint density at radius 2 is 1.89 bits per heavy atom. The fourth-order valence-electron chi connectivity index (χ4n) is 3.34. The molecule has 2 rings (SSSR count). The second kappa shape index (κ2) is 10.1. The maximum Gasteiger partial charge on any atom is 0.218 e. The maximum absolute atomic E-state index is 12.0. The monoisotopic (exact) mass is 410 g/mol. The van der Waals surface area contributed by atoms with Crippen molar-refractivity contribution in [1.82, 2.24) is 5.32 Å². The molecule has 0 spiro atoms. The third kappa shape index (κ3) is 5.81. The third-order valence-electron chi connectivity index (χ3n) is 4.62. The van der Waals surface area contributed by atoms with E-state index in [0.717, 1.165) is 0 Å². The standard InChI is InChI=1S/C20H30N2O5S/c1-4-26-17-9-5-6-10-18(17)27-14-13-22-16(2)15-20(25-3)12-8-7-11-19(20)28(21,23)24/h5-12,16,19,22H,4,13-15H2,1-3H3,(H2,21,23,24). The zero-order chi connectivity index (χ0) is 20.6. The number of hydrogen-bond acceptors (Lipinski definition) is 6. The third-order valence-corrected chi connectivity index (χ3v) is 5.88. The van der Waals surface area contributed by atoms with Crippen LogP contribution in [0.1, 0.15) is 20.3 Å². The van der Waals surface area contributed by atoms with Crippen LogP contribution >= 0.6 is 0 Å². The van der Waals surface area contributed by atoms with Crippen LogP contribution in [0.3, 0.4) is 0 Å². The molecule has 0 bridgehead atoms. The molecule has 8 heteroatoms. The van der Waals surface area contributed by atoms with Gasteiger partial charge in [0.05, 0.1) is 6.61 Å². The summed E-state index contributed by atoms with van der Waals surface area (Å²) in [5.74, 6) is 1.41. The van der Waals surface area contributed by atoms with Crippen LogP contribution in [-0.4, -0.2) is 52.2 Å². The number of hydrogen-bond donors (Lipinski definition) is 2. The van der Waals surface area contributed by atoms with Gasteiger partial charge in [-0.1, -0.05) is 36.4 Å². The average molecular weight is 411 g/mol. The molecule has 0 saturated heterocycles. The van der Waals surface area contributed by atoms with Crippen molar-refractivity contribution in [3.8, 4) is 11.5 Å².